The van der Waals surface area contributed by atoms with Crippen LogP contribution in [-0.2, 0) is 4.79 Å². The largest absolute Gasteiger partial charge is 0.490 e. The SMILES string of the molecule is CC(C)(O)C1(N)CC2(CCC2)C1.O=C(O)C(F)(F)F. The molecular formula is C12H20F3NO3. The van der Waals surface area contributed by atoms with Crippen molar-refractivity contribution < 1.29 is 28.2 Å². The van der Waals surface area contributed by atoms with Crippen LogP contribution < -0.4 is 5.73 Å². The Morgan fingerprint density at radius 2 is 1.58 bits per heavy atom. The maximum atomic E-state index is 10.6. The van der Waals surface area contributed by atoms with Gasteiger partial charge in [-0.05, 0) is 44.9 Å². The lowest BCUT2D eigenvalue weighted by atomic mass is 9.45. The summed E-state index contributed by atoms with van der Waals surface area (Å²) in [5, 5.41) is 16.9. The van der Waals surface area contributed by atoms with Gasteiger partial charge < -0.3 is 15.9 Å². The Morgan fingerprint density at radius 3 is 1.74 bits per heavy atom. The molecule has 2 aliphatic rings. The van der Waals surface area contributed by atoms with E-state index in [1.165, 1.54) is 19.3 Å². The van der Waals surface area contributed by atoms with Gasteiger partial charge in [0.15, 0.2) is 0 Å². The number of rotatable bonds is 1. The Labute approximate surface area is 109 Å². The first-order valence-electron chi connectivity index (χ1n) is 6.13. The van der Waals surface area contributed by atoms with E-state index in [2.05, 4.69) is 0 Å². The molecule has 0 bridgehead atoms. The Kier molecular flexibility index (Phi) is 3.95. The summed E-state index contributed by atoms with van der Waals surface area (Å²) in [6.45, 7) is 3.66. The minimum atomic E-state index is -5.08. The van der Waals surface area contributed by atoms with Gasteiger partial charge in [0.25, 0.3) is 0 Å². The van der Waals surface area contributed by atoms with Crippen molar-refractivity contribution in [3.05, 3.63) is 0 Å². The summed E-state index contributed by atoms with van der Waals surface area (Å²) in [5.41, 5.74) is 5.67. The maximum absolute atomic E-state index is 10.6. The first-order chi connectivity index (χ1) is 8.31. The molecule has 0 aromatic heterocycles. The molecule has 0 radical (unpaired) electrons. The van der Waals surface area contributed by atoms with E-state index >= 15 is 0 Å². The zero-order valence-corrected chi connectivity index (χ0v) is 11.0. The van der Waals surface area contributed by atoms with Gasteiger partial charge in [-0.1, -0.05) is 6.42 Å². The highest BCUT2D eigenvalue weighted by atomic mass is 19.4. The van der Waals surface area contributed by atoms with E-state index in [0.29, 0.717) is 5.41 Å². The molecule has 112 valence electrons. The average molecular weight is 283 g/mol. The summed E-state index contributed by atoms with van der Waals surface area (Å²) in [7, 11) is 0. The molecule has 0 aliphatic heterocycles. The summed E-state index contributed by atoms with van der Waals surface area (Å²) in [6, 6.07) is 0. The number of carbonyl (C=O) groups is 1. The van der Waals surface area contributed by atoms with Gasteiger partial charge >= 0.3 is 12.1 Å². The molecule has 2 fully saturated rings. The lowest BCUT2D eigenvalue weighted by Crippen LogP contribution is -2.70. The van der Waals surface area contributed by atoms with Crippen LogP contribution in [0.5, 0.6) is 0 Å². The third-order valence-corrected chi connectivity index (χ3v) is 4.26. The molecule has 2 aliphatic carbocycles. The highest BCUT2D eigenvalue weighted by Gasteiger charge is 2.60. The normalized spacial score (nSPS) is 23.7. The molecule has 0 heterocycles. The van der Waals surface area contributed by atoms with Crippen molar-refractivity contribution in [2.75, 3.05) is 0 Å². The van der Waals surface area contributed by atoms with Crippen molar-refractivity contribution in [3.63, 3.8) is 0 Å². The Hall–Kier alpha value is -0.820. The molecule has 19 heavy (non-hydrogen) atoms. The standard InChI is InChI=1S/C10H19NO.C2HF3O2/c1-8(2,12)10(11)6-9(7-10)4-3-5-9;3-2(4,5)1(6)7/h12H,3-7,11H2,1-2H3;(H,6,7). The molecule has 0 atom stereocenters. The summed E-state index contributed by atoms with van der Waals surface area (Å²) < 4.78 is 31.7. The molecule has 0 aromatic rings. The van der Waals surface area contributed by atoms with Crippen molar-refractivity contribution in [2.24, 2.45) is 11.1 Å². The zero-order chi connectivity index (χ0) is 15.1. The average Bonchev–Trinajstić information content (AvgIpc) is 2.07. The number of aliphatic carboxylic acids is 1. The van der Waals surface area contributed by atoms with Crippen LogP contribution in [0.4, 0.5) is 13.2 Å². The third kappa shape index (κ3) is 3.39. The second-order valence-corrected chi connectivity index (χ2v) is 6.23. The van der Waals surface area contributed by atoms with E-state index < -0.39 is 17.7 Å². The lowest BCUT2D eigenvalue weighted by Gasteiger charge is -2.63. The number of aliphatic hydroxyl groups is 1. The van der Waals surface area contributed by atoms with Crippen LogP contribution in [0.1, 0.15) is 46.0 Å². The van der Waals surface area contributed by atoms with Crippen LogP contribution in [0.15, 0.2) is 0 Å². The number of carboxylic acids is 1. The minimum absolute atomic E-state index is 0.298. The van der Waals surface area contributed by atoms with Gasteiger partial charge in [0, 0.05) is 5.54 Å². The first kappa shape index (κ1) is 16.2. The van der Waals surface area contributed by atoms with Crippen molar-refractivity contribution in [3.8, 4) is 0 Å². The summed E-state index contributed by atoms with van der Waals surface area (Å²) >= 11 is 0. The van der Waals surface area contributed by atoms with Gasteiger partial charge in [-0.25, -0.2) is 4.79 Å². The van der Waals surface area contributed by atoms with Crippen molar-refractivity contribution >= 4 is 5.97 Å². The van der Waals surface area contributed by atoms with E-state index in [9.17, 15) is 18.3 Å². The summed E-state index contributed by atoms with van der Waals surface area (Å²) in [5.74, 6) is -2.76. The minimum Gasteiger partial charge on any atom is -0.475 e. The summed E-state index contributed by atoms with van der Waals surface area (Å²) in [6.07, 6.45) is 1.01. The Balaban J connectivity index is 0.000000224. The fourth-order valence-corrected chi connectivity index (χ4v) is 2.75. The number of hydrogen-bond donors (Lipinski definition) is 3. The maximum Gasteiger partial charge on any atom is 0.490 e. The molecular weight excluding hydrogens is 263 g/mol. The second-order valence-electron chi connectivity index (χ2n) is 6.23. The van der Waals surface area contributed by atoms with Gasteiger partial charge in [0.05, 0.1) is 5.60 Å². The zero-order valence-electron chi connectivity index (χ0n) is 11.0. The number of alkyl halides is 3. The van der Waals surface area contributed by atoms with E-state index in [0.717, 1.165) is 12.8 Å². The van der Waals surface area contributed by atoms with Gasteiger partial charge in [-0.3, -0.25) is 0 Å². The Bertz CT molecular complexity index is 348. The number of hydrogen-bond acceptors (Lipinski definition) is 3. The molecule has 0 saturated heterocycles. The van der Waals surface area contributed by atoms with Crippen molar-refractivity contribution in [2.45, 2.75) is 63.3 Å². The van der Waals surface area contributed by atoms with E-state index in [-0.39, 0.29) is 5.54 Å². The fraction of sp³-hybridized carbons (Fsp3) is 0.917. The number of halogens is 3. The second kappa shape index (κ2) is 4.63. The molecule has 4 N–H and O–H groups in total. The highest BCUT2D eigenvalue weighted by molar-refractivity contribution is 5.73. The summed E-state index contributed by atoms with van der Waals surface area (Å²) in [4.78, 5) is 8.90. The monoisotopic (exact) mass is 283 g/mol. The number of nitrogens with two attached hydrogens (primary N) is 1. The van der Waals surface area contributed by atoms with Crippen LogP contribution in [0.3, 0.4) is 0 Å². The third-order valence-electron chi connectivity index (χ3n) is 4.26. The predicted octanol–water partition coefficient (Wildman–Crippen LogP) is 2.05. The molecule has 0 aromatic carbocycles. The van der Waals surface area contributed by atoms with Gasteiger partial charge in [-0.15, -0.1) is 0 Å². The van der Waals surface area contributed by atoms with Crippen LogP contribution in [0, 0.1) is 5.41 Å². The lowest BCUT2D eigenvalue weighted by molar-refractivity contribution is -0.192. The van der Waals surface area contributed by atoms with Crippen molar-refractivity contribution in [1.29, 1.82) is 0 Å². The van der Waals surface area contributed by atoms with Gasteiger partial charge in [0.2, 0.25) is 0 Å². The van der Waals surface area contributed by atoms with E-state index in [1.54, 1.807) is 0 Å². The van der Waals surface area contributed by atoms with Crippen LogP contribution >= 0.6 is 0 Å². The van der Waals surface area contributed by atoms with E-state index in [4.69, 9.17) is 15.6 Å². The molecule has 0 amide bonds. The molecule has 2 rings (SSSR count). The predicted molar refractivity (Wildman–Crippen MR) is 62.4 cm³/mol. The van der Waals surface area contributed by atoms with Crippen LogP contribution in [0.2, 0.25) is 0 Å². The van der Waals surface area contributed by atoms with Crippen LogP contribution in [-0.4, -0.2) is 33.5 Å². The fourth-order valence-electron chi connectivity index (χ4n) is 2.75. The van der Waals surface area contributed by atoms with Crippen molar-refractivity contribution in [1.82, 2.24) is 0 Å². The quantitative estimate of drug-likeness (QED) is 0.687. The van der Waals surface area contributed by atoms with E-state index in [1.807, 2.05) is 13.8 Å². The number of carboxylic acid groups (broad SMARTS) is 1. The molecule has 1 spiro atoms. The highest BCUT2D eigenvalue weighted by Crippen LogP contribution is 2.61. The molecule has 0 unspecified atom stereocenters. The topological polar surface area (TPSA) is 83.5 Å². The van der Waals surface area contributed by atoms with Gasteiger partial charge in [-0.2, -0.15) is 13.2 Å². The molecule has 7 heteroatoms. The first-order valence-corrected chi connectivity index (χ1v) is 6.13. The van der Waals surface area contributed by atoms with Gasteiger partial charge in [0.1, 0.15) is 0 Å². The molecule has 2 saturated carbocycles. The van der Waals surface area contributed by atoms with Crippen LogP contribution in [0.25, 0.3) is 0 Å². The Morgan fingerprint density at radius 1 is 1.21 bits per heavy atom. The smallest absolute Gasteiger partial charge is 0.475 e. The molecule has 4 nitrogen and oxygen atoms in total.